The molecule has 2 rings (SSSR count). The summed E-state index contributed by atoms with van der Waals surface area (Å²) in [5.41, 5.74) is 12.9. The van der Waals surface area contributed by atoms with Gasteiger partial charge in [0.25, 0.3) is 0 Å². The first-order chi connectivity index (χ1) is 12.3. The monoisotopic (exact) mass is 437 g/mol. The van der Waals surface area contributed by atoms with E-state index in [1.807, 2.05) is 6.07 Å². The van der Waals surface area contributed by atoms with Gasteiger partial charge in [-0.25, -0.2) is 0 Å². The first-order valence-corrected chi connectivity index (χ1v) is 10.3. The minimum Gasteiger partial charge on any atom is -0.396 e. The summed E-state index contributed by atoms with van der Waals surface area (Å²) in [6, 6.07) is 8.29. The maximum Gasteiger partial charge on any atom is 0.0874 e. The first-order valence-electron chi connectivity index (χ1n) is 9.09. The quantitative estimate of drug-likeness (QED) is 0.373. The third-order valence-electron chi connectivity index (χ3n) is 4.99. The summed E-state index contributed by atoms with van der Waals surface area (Å²) < 4.78 is 1.10. The lowest BCUT2D eigenvalue weighted by Gasteiger charge is -2.29. The van der Waals surface area contributed by atoms with Crippen LogP contribution in [0.5, 0.6) is 0 Å². The van der Waals surface area contributed by atoms with Crippen molar-refractivity contribution in [2.45, 2.75) is 46.5 Å². The molecule has 0 aliphatic heterocycles. The Bertz CT molecular complexity index is 749. The molecule has 2 aromatic carbocycles. The van der Waals surface area contributed by atoms with Crippen LogP contribution in [-0.4, -0.2) is 13.7 Å². The van der Waals surface area contributed by atoms with Gasteiger partial charge in [0.05, 0.1) is 23.1 Å². The maximum atomic E-state index is 6.37. The highest BCUT2D eigenvalue weighted by atomic mass is 79.9. The average molecular weight is 439 g/mol. The van der Waals surface area contributed by atoms with E-state index < -0.39 is 0 Å². The summed E-state index contributed by atoms with van der Waals surface area (Å²) in [6.45, 7) is 9.32. The van der Waals surface area contributed by atoms with Gasteiger partial charge in [0, 0.05) is 17.2 Å². The normalized spacial score (nSPS) is 11.1. The predicted octanol–water partition coefficient (Wildman–Crippen LogP) is 6.71. The number of hydrogen-bond acceptors (Lipinski definition) is 3. The molecule has 142 valence electrons. The SMILES string of the molecule is CCC(CC)c1ccc(Cl)c(N)c1N(C)CNc1c(C)cc(Br)cc1C. The van der Waals surface area contributed by atoms with Crippen molar-refractivity contribution in [2.75, 3.05) is 29.7 Å². The highest BCUT2D eigenvalue weighted by Crippen LogP contribution is 2.39. The summed E-state index contributed by atoms with van der Waals surface area (Å²) in [5, 5.41) is 4.17. The zero-order valence-corrected chi connectivity index (χ0v) is 18.6. The van der Waals surface area contributed by atoms with E-state index in [1.165, 1.54) is 16.7 Å². The van der Waals surface area contributed by atoms with E-state index in [0.29, 0.717) is 23.3 Å². The second kappa shape index (κ2) is 9.01. The number of nitrogens with two attached hydrogens (primary N) is 1. The Labute approximate surface area is 171 Å². The molecule has 0 fully saturated rings. The molecule has 0 aromatic heterocycles. The third-order valence-corrected chi connectivity index (χ3v) is 5.78. The summed E-state index contributed by atoms with van der Waals surface area (Å²) in [5.74, 6) is 0.475. The number of halogens is 2. The largest absolute Gasteiger partial charge is 0.396 e. The van der Waals surface area contributed by atoms with E-state index in [4.69, 9.17) is 17.3 Å². The van der Waals surface area contributed by atoms with Crippen LogP contribution >= 0.6 is 27.5 Å². The molecule has 3 nitrogen and oxygen atoms in total. The topological polar surface area (TPSA) is 41.3 Å². The summed E-state index contributed by atoms with van der Waals surface area (Å²) in [6.07, 6.45) is 2.16. The van der Waals surface area contributed by atoms with Crippen molar-refractivity contribution in [1.82, 2.24) is 0 Å². The van der Waals surface area contributed by atoms with Gasteiger partial charge in [-0.2, -0.15) is 0 Å². The van der Waals surface area contributed by atoms with Gasteiger partial charge in [-0.05, 0) is 67.5 Å². The van der Waals surface area contributed by atoms with Crippen LogP contribution in [0, 0.1) is 13.8 Å². The fourth-order valence-corrected chi connectivity index (χ4v) is 4.39. The van der Waals surface area contributed by atoms with Gasteiger partial charge < -0.3 is 16.0 Å². The first kappa shape index (κ1) is 20.9. The minimum absolute atomic E-state index is 0.475. The van der Waals surface area contributed by atoms with E-state index >= 15 is 0 Å². The van der Waals surface area contributed by atoms with Gasteiger partial charge in [0.1, 0.15) is 0 Å². The van der Waals surface area contributed by atoms with E-state index in [2.05, 4.69) is 79.1 Å². The Morgan fingerprint density at radius 2 is 1.73 bits per heavy atom. The Morgan fingerprint density at radius 3 is 2.27 bits per heavy atom. The fourth-order valence-electron chi connectivity index (χ4n) is 3.55. The van der Waals surface area contributed by atoms with Crippen molar-refractivity contribution in [3.05, 3.63) is 50.5 Å². The lowest BCUT2D eigenvalue weighted by molar-refractivity contribution is 0.640. The molecule has 3 N–H and O–H groups in total. The highest BCUT2D eigenvalue weighted by Gasteiger charge is 2.19. The number of aryl methyl sites for hydroxylation is 2. The molecule has 0 amide bonds. The van der Waals surface area contributed by atoms with E-state index in [0.717, 1.165) is 28.7 Å². The molecule has 26 heavy (non-hydrogen) atoms. The smallest absolute Gasteiger partial charge is 0.0874 e. The van der Waals surface area contributed by atoms with Crippen molar-refractivity contribution in [1.29, 1.82) is 0 Å². The third kappa shape index (κ3) is 4.47. The Hall–Kier alpha value is -1.39. The number of nitrogens with zero attached hydrogens (tertiary/aromatic N) is 1. The van der Waals surface area contributed by atoms with Crippen LogP contribution < -0.4 is 16.0 Å². The van der Waals surface area contributed by atoms with Crippen LogP contribution in [0.1, 0.15) is 49.3 Å². The van der Waals surface area contributed by atoms with Crippen LogP contribution in [0.25, 0.3) is 0 Å². The molecule has 0 unspecified atom stereocenters. The molecule has 0 aliphatic carbocycles. The molecule has 0 bridgehead atoms. The Morgan fingerprint density at radius 1 is 1.15 bits per heavy atom. The van der Waals surface area contributed by atoms with Crippen molar-refractivity contribution in [3.63, 3.8) is 0 Å². The van der Waals surface area contributed by atoms with Crippen molar-refractivity contribution in [2.24, 2.45) is 0 Å². The van der Waals surface area contributed by atoms with Gasteiger partial charge in [-0.1, -0.05) is 47.4 Å². The van der Waals surface area contributed by atoms with Gasteiger partial charge in [-0.3, -0.25) is 0 Å². The molecule has 0 saturated carbocycles. The van der Waals surface area contributed by atoms with E-state index in [9.17, 15) is 0 Å². The molecule has 2 aromatic rings. The molecular formula is C21H29BrClN3. The van der Waals surface area contributed by atoms with Crippen molar-refractivity contribution < 1.29 is 0 Å². The predicted molar refractivity (Wildman–Crippen MR) is 120 cm³/mol. The van der Waals surface area contributed by atoms with Crippen LogP contribution in [0.15, 0.2) is 28.7 Å². The Balaban J connectivity index is 2.32. The molecule has 5 heteroatoms. The highest BCUT2D eigenvalue weighted by molar-refractivity contribution is 9.10. The van der Waals surface area contributed by atoms with Gasteiger partial charge >= 0.3 is 0 Å². The Kier molecular flexibility index (Phi) is 7.24. The lowest BCUT2D eigenvalue weighted by Crippen LogP contribution is -2.27. The molecule has 0 aliphatic rings. The van der Waals surface area contributed by atoms with E-state index in [-0.39, 0.29) is 0 Å². The summed E-state index contributed by atoms with van der Waals surface area (Å²) in [4.78, 5) is 2.16. The second-order valence-corrected chi connectivity index (χ2v) is 8.18. The van der Waals surface area contributed by atoms with Crippen molar-refractivity contribution in [3.8, 4) is 0 Å². The summed E-state index contributed by atoms with van der Waals surface area (Å²) >= 11 is 9.88. The fraction of sp³-hybridized carbons (Fsp3) is 0.429. The number of hydrogen-bond donors (Lipinski definition) is 2. The van der Waals surface area contributed by atoms with E-state index in [1.54, 1.807) is 0 Å². The van der Waals surface area contributed by atoms with Crippen LogP contribution in [0.2, 0.25) is 5.02 Å². The van der Waals surface area contributed by atoms with Gasteiger partial charge in [0.15, 0.2) is 0 Å². The zero-order chi connectivity index (χ0) is 19.4. The molecular weight excluding hydrogens is 410 g/mol. The number of nitrogen functional groups attached to an aromatic ring is 1. The van der Waals surface area contributed by atoms with Crippen LogP contribution in [0.3, 0.4) is 0 Å². The van der Waals surface area contributed by atoms with Crippen molar-refractivity contribution >= 4 is 44.6 Å². The minimum atomic E-state index is 0.475. The zero-order valence-electron chi connectivity index (χ0n) is 16.3. The van der Waals surface area contributed by atoms with Crippen LogP contribution in [-0.2, 0) is 0 Å². The molecule has 0 atom stereocenters. The number of rotatable bonds is 7. The molecule has 0 spiro atoms. The molecule has 0 saturated heterocycles. The molecule has 0 heterocycles. The van der Waals surface area contributed by atoms with Crippen LogP contribution in [0.4, 0.5) is 17.1 Å². The van der Waals surface area contributed by atoms with Gasteiger partial charge in [0.2, 0.25) is 0 Å². The molecule has 0 radical (unpaired) electrons. The average Bonchev–Trinajstić information content (AvgIpc) is 2.58. The number of anilines is 3. The number of nitrogens with one attached hydrogen (secondary N) is 1. The number of benzene rings is 2. The second-order valence-electron chi connectivity index (χ2n) is 6.86. The standard InChI is InChI=1S/C21H29BrClN3/c1-6-15(7-2)17-8-9-18(23)19(24)21(17)26(5)12-25-20-13(3)10-16(22)11-14(20)4/h8-11,15,25H,6-7,12,24H2,1-5H3. The summed E-state index contributed by atoms with van der Waals surface area (Å²) in [7, 11) is 2.06. The lowest BCUT2D eigenvalue weighted by atomic mass is 9.91. The maximum absolute atomic E-state index is 6.37. The van der Waals surface area contributed by atoms with Gasteiger partial charge in [-0.15, -0.1) is 0 Å².